The summed E-state index contributed by atoms with van der Waals surface area (Å²) < 4.78 is 25.9. The van der Waals surface area contributed by atoms with Crippen LogP contribution in [-0.2, 0) is 27.6 Å². The number of fused-ring (bicyclic) bond motifs is 1. The van der Waals surface area contributed by atoms with Crippen molar-refractivity contribution in [3.63, 3.8) is 0 Å². The number of benzene rings is 1. The number of sulfone groups is 1. The van der Waals surface area contributed by atoms with E-state index >= 15 is 0 Å². The maximum absolute atomic E-state index is 12.4. The number of hydrogen-bond acceptors (Lipinski definition) is 4. The van der Waals surface area contributed by atoms with Crippen LogP contribution in [-0.4, -0.2) is 29.6 Å². The summed E-state index contributed by atoms with van der Waals surface area (Å²) >= 11 is 0. The van der Waals surface area contributed by atoms with Crippen molar-refractivity contribution in [3.05, 3.63) is 42.5 Å². The molecule has 0 radical (unpaired) electrons. The number of anilines is 1. The summed E-state index contributed by atoms with van der Waals surface area (Å²) in [6.45, 7) is 2.38. The summed E-state index contributed by atoms with van der Waals surface area (Å²) in [5.41, 5.74) is 0.512. The predicted molar refractivity (Wildman–Crippen MR) is 86.8 cm³/mol. The quantitative estimate of drug-likeness (QED) is 0.926. The number of carbonyl (C=O) groups excluding carboxylic acids is 1. The van der Waals surface area contributed by atoms with E-state index in [1.54, 1.807) is 31.3 Å². The van der Waals surface area contributed by atoms with E-state index in [1.165, 1.54) is 6.07 Å². The Bertz CT molecular complexity index is 827. The topological polar surface area (TPSA) is 81.1 Å². The van der Waals surface area contributed by atoms with Crippen molar-refractivity contribution in [1.29, 1.82) is 0 Å². The van der Waals surface area contributed by atoms with E-state index in [-0.39, 0.29) is 22.5 Å². The Morgan fingerprint density at radius 1 is 1.43 bits per heavy atom. The van der Waals surface area contributed by atoms with Crippen molar-refractivity contribution in [2.24, 2.45) is 5.92 Å². The molecule has 2 heterocycles. The molecule has 23 heavy (non-hydrogen) atoms. The van der Waals surface area contributed by atoms with Gasteiger partial charge in [-0.3, -0.25) is 4.79 Å². The Morgan fingerprint density at radius 3 is 3.04 bits per heavy atom. The number of hydrogen-bond donors (Lipinski definition) is 1. The first-order valence-electron chi connectivity index (χ1n) is 7.63. The summed E-state index contributed by atoms with van der Waals surface area (Å²) in [6.07, 6.45) is 5.02. The number of nitrogens with one attached hydrogen (secondary N) is 1. The largest absolute Gasteiger partial charge is 0.335 e. The monoisotopic (exact) mass is 333 g/mol. The summed E-state index contributed by atoms with van der Waals surface area (Å²) in [5, 5.41) is 2.83. The van der Waals surface area contributed by atoms with Crippen molar-refractivity contribution in [3.8, 4) is 0 Å². The highest BCUT2D eigenvalue weighted by Gasteiger charge is 2.25. The average Bonchev–Trinajstić information content (AvgIpc) is 3.02. The molecule has 1 aromatic heterocycles. The second-order valence-corrected chi connectivity index (χ2v) is 7.93. The SMILES string of the molecule is CCS(=O)(=O)c1cccc(NC(=O)C2CCn3ccnc3C2)c1. The van der Waals surface area contributed by atoms with Crippen LogP contribution in [0.4, 0.5) is 5.69 Å². The highest BCUT2D eigenvalue weighted by Crippen LogP contribution is 2.22. The maximum atomic E-state index is 12.4. The molecule has 2 aromatic rings. The zero-order chi connectivity index (χ0) is 16.4. The fourth-order valence-corrected chi connectivity index (χ4v) is 3.68. The van der Waals surface area contributed by atoms with E-state index in [1.807, 2.05) is 6.20 Å². The molecule has 1 amide bonds. The van der Waals surface area contributed by atoms with Crippen LogP contribution in [0.15, 0.2) is 41.6 Å². The molecule has 7 heteroatoms. The summed E-state index contributed by atoms with van der Waals surface area (Å²) in [7, 11) is -3.28. The van der Waals surface area contributed by atoms with Crippen molar-refractivity contribution in [2.75, 3.05) is 11.1 Å². The van der Waals surface area contributed by atoms with Gasteiger partial charge in [0, 0.05) is 37.0 Å². The van der Waals surface area contributed by atoms with E-state index in [0.29, 0.717) is 12.1 Å². The minimum Gasteiger partial charge on any atom is -0.335 e. The zero-order valence-electron chi connectivity index (χ0n) is 12.9. The fraction of sp³-hybridized carbons (Fsp3) is 0.375. The normalized spacial score (nSPS) is 17.5. The molecule has 3 rings (SSSR count). The molecule has 1 unspecified atom stereocenters. The molecule has 1 aliphatic heterocycles. The lowest BCUT2D eigenvalue weighted by molar-refractivity contribution is -0.120. The van der Waals surface area contributed by atoms with E-state index in [9.17, 15) is 13.2 Å². The van der Waals surface area contributed by atoms with Gasteiger partial charge in [-0.1, -0.05) is 13.0 Å². The number of carbonyl (C=O) groups is 1. The standard InChI is InChI=1S/C16H19N3O3S/c1-2-23(21,22)14-5-3-4-13(11-14)18-16(20)12-6-8-19-9-7-17-15(19)10-12/h3-5,7,9,11-12H,2,6,8,10H2,1H3,(H,18,20). The van der Waals surface area contributed by atoms with Gasteiger partial charge in [-0.25, -0.2) is 13.4 Å². The van der Waals surface area contributed by atoms with Gasteiger partial charge in [0.1, 0.15) is 5.82 Å². The lowest BCUT2D eigenvalue weighted by Gasteiger charge is -2.22. The predicted octanol–water partition coefficient (Wildman–Crippen LogP) is 1.88. The van der Waals surface area contributed by atoms with E-state index in [0.717, 1.165) is 18.8 Å². The molecule has 1 N–H and O–H groups in total. The lowest BCUT2D eigenvalue weighted by atomic mass is 9.97. The third-order valence-corrected chi connectivity index (χ3v) is 5.89. The van der Waals surface area contributed by atoms with Crippen LogP contribution in [0.1, 0.15) is 19.2 Å². The molecular formula is C16H19N3O3S. The van der Waals surface area contributed by atoms with Gasteiger partial charge in [-0.2, -0.15) is 0 Å². The Morgan fingerprint density at radius 2 is 2.26 bits per heavy atom. The molecule has 1 aromatic carbocycles. The lowest BCUT2D eigenvalue weighted by Crippen LogP contribution is -2.30. The van der Waals surface area contributed by atoms with Crippen LogP contribution in [0.25, 0.3) is 0 Å². The van der Waals surface area contributed by atoms with E-state index < -0.39 is 9.84 Å². The minimum absolute atomic E-state index is 0.0374. The molecule has 122 valence electrons. The summed E-state index contributed by atoms with van der Waals surface area (Å²) in [6, 6.07) is 6.41. The minimum atomic E-state index is -3.28. The third kappa shape index (κ3) is 3.29. The molecule has 1 atom stereocenters. The number of rotatable bonds is 4. The van der Waals surface area contributed by atoms with Crippen LogP contribution in [0, 0.1) is 5.92 Å². The second kappa shape index (κ2) is 6.16. The number of aryl methyl sites for hydroxylation is 1. The molecule has 0 bridgehead atoms. The van der Waals surface area contributed by atoms with Crippen molar-refractivity contribution in [1.82, 2.24) is 9.55 Å². The number of nitrogens with zero attached hydrogens (tertiary/aromatic N) is 2. The number of imidazole rings is 1. The number of aromatic nitrogens is 2. The van der Waals surface area contributed by atoms with Crippen LogP contribution in [0.5, 0.6) is 0 Å². The second-order valence-electron chi connectivity index (χ2n) is 5.65. The highest BCUT2D eigenvalue weighted by molar-refractivity contribution is 7.91. The van der Waals surface area contributed by atoms with Gasteiger partial charge >= 0.3 is 0 Å². The summed E-state index contributed by atoms with van der Waals surface area (Å²) in [5.74, 6) is 0.718. The Kier molecular flexibility index (Phi) is 4.21. The van der Waals surface area contributed by atoms with Crippen LogP contribution < -0.4 is 5.32 Å². The maximum Gasteiger partial charge on any atom is 0.228 e. The van der Waals surface area contributed by atoms with Crippen molar-refractivity contribution in [2.45, 2.75) is 31.2 Å². The van der Waals surface area contributed by atoms with Gasteiger partial charge in [0.05, 0.1) is 10.6 Å². The Balaban J connectivity index is 1.73. The van der Waals surface area contributed by atoms with Gasteiger partial charge in [0.2, 0.25) is 5.91 Å². The first kappa shape index (κ1) is 15.7. The first-order chi connectivity index (χ1) is 11.0. The zero-order valence-corrected chi connectivity index (χ0v) is 13.7. The molecular weight excluding hydrogens is 314 g/mol. The van der Waals surface area contributed by atoms with Crippen molar-refractivity contribution >= 4 is 21.4 Å². The molecule has 0 spiro atoms. The molecule has 0 saturated carbocycles. The molecule has 0 aliphatic carbocycles. The van der Waals surface area contributed by atoms with Gasteiger partial charge in [0.25, 0.3) is 0 Å². The molecule has 0 fully saturated rings. The van der Waals surface area contributed by atoms with Gasteiger partial charge < -0.3 is 9.88 Å². The fourth-order valence-electron chi connectivity index (χ4n) is 2.75. The van der Waals surface area contributed by atoms with Gasteiger partial charge in [-0.05, 0) is 24.6 Å². The Hall–Kier alpha value is -2.15. The average molecular weight is 333 g/mol. The summed E-state index contributed by atoms with van der Waals surface area (Å²) in [4.78, 5) is 16.9. The van der Waals surface area contributed by atoms with Gasteiger partial charge in [-0.15, -0.1) is 0 Å². The van der Waals surface area contributed by atoms with Gasteiger partial charge in [0.15, 0.2) is 9.84 Å². The van der Waals surface area contributed by atoms with E-state index in [2.05, 4.69) is 14.9 Å². The van der Waals surface area contributed by atoms with Crippen LogP contribution >= 0.6 is 0 Å². The van der Waals surface area contributed by atoms with Crippen LogP contribution in [0.2, 0.25) is 0 Å². The van der Waals surface area contributed by atoms with Crippen LogP contribution in [0.3, 0.4) is 0 Å². The van der Waals surface area contributed by atoms with E-state index in [4.69, 9.17) is 0 Å². The highest BCUT2D eigenvalue weighted by atomic mass is 32.2. The molecule has 0 saturated heterocycles. The molecule has 1 aliphatic rings. The molecule has 6 nitrogen and oxygen atoms in total. The smallest absolute Gasteiger partial charge is 0.228 e. The third-order valence-electron chi connectivity index (χ3n) is 4.16. The Labute approximate surface area is 135 Å². The number of amides is 1. The first-order valence-corrected chi connectivity index (χ1v) is 9.28. The van der Waals surface area contributed by atoms with Crippen molar-refractivity contribution < 1.29 is 13.2 Å².